The second-order valence-corrected chi connectivity index (χ2v) is 5.43. The fourth-order valence-corrected chi connectivity index (χ4v) is 1.92. The standard InChI is InChI=1S/C12H19N3O2/c1-12(2,3)17-11(16)15-6-5-9-7-14(4)13-10(9)8-15/h7H,5-6,8H2,1-4H3. The van der Waals surface area contributed by atoms with Crippen LogP contribution in [0.25, 0.3) is 0 Å². The molecule has 0 unspecified atom stereocenters. The first-order valence-corrected chi connectivity index (χ1v) is 5.84. The molecule has 2 heterocycles. The number of hydrogen-bond acceptors (Lipinski definition) is 3. The third-order valence-corrected chi connectivity index (χ3v) is 2.64. The molecule has 0 radical (unpaired) electrons. The molecule has 0 aliphatic carbocycles. The number of aryl methyl sites for hydroxylation is 1. The molecular formula is C12H19N3O2. The lowest BCUT2D eigenvalue weighted by atomic mass is 10.1. The smallest absolute Gasteiger partial charge is 0.410 e. The maximum absolute atomic E-state index is 11.9. The summed E-state index contributed by atoms with van der Waals surface area (Å²) < 4.78 is 7.15. The molecule has 5 nitrogen and oxygen atoms in total. The van der Waals surface area contributed by atoms with Gasteiger partial charge in [-0.3, -0.25) is 4.68 Å². The molecule has 1 aromatic heterocycles. The van der Waals surface area contributed by atoms with Gasteiger partial charge in [0.25, 0.3) is 0 Å². The Hall–Kier alpha value is -1.52. The van der Waals surface area contributed by atoms with Crippen molar-refractivity contribution in [2.24, 2.45) is 7.05 Å². The summed E-state index contributed by atoms with van der Waals surface area (Å²) in [5.41, 5.74) is 1.76. The first kappa shape index (κ1) is 12.0. The highest BCUT2D eigenvalue weighted by atomic mass is 16.6. The van der Waals surface area contributed by atoms with Crippen molar-refractivity contribution in [3.05, 3.63) is 17.5 Å². The Balaban J connectivity index is 2.05. The van der Waals surface area contributed by atoms with Gasteiger partial charge in [-0.15, -0.1) is 0 Å². The van der Waals surface area contributed by atoms with Crippen molar-refractivity contribution in [3.8, 4) is 0 Å². The zero-order valence-corrected chi connectivity index (χ0v) is 10.9. The molecule has 0 saturated heterocycles. The SMILES string of the molecule is Cn1cc2c(n1)CN(C(=O)OC(C)(C)C)CC2. The van der Waals surface area contributed by atoms with E-state index in [0.717, 1.165) is 12.1 Å². The van der Waals surface area contributed by atoms with Crippen molar-refractivity contribution in [1.29, 1.82) is 0 Å². The van der Waals surface area contributed by atoms with E-state index in [4.69, 9.17) is 4.74 Å². The van der Waals surface area contributed by atoms with E-state index in [1.165, 1.54) is 5.56 Å². The molecule has 0 atom stereocenters. The largest absolute Gasteiger partial charge is 0.444 e. The Labute approximate surface area is 101 Å². The molecule has 1 amide bonds. The molecule has 1 aliphatic heterocycles. The number of amides is 1. The minimum Gasteiger partial charge on any atom is -0.444 e. The number of carbonyl (C=O) groups is 1. The van der Waals surface area contributed by atoms with Crippen molar-refractivity contribution in [3.63, 3.8) is 0 Å². The summed E-state index contributed by atoms with van der Waals surface area (Å²) in [7, 11) is 1.90. The van der Waals surface area contributed by atoms with Crippen LogP contribution in [0.1, 0.15) is 32.0 Å². The summed E-state index contributed by atoms with van der Waals surface area (Å²) in [5, 5.41) is 4.35. The predicted octanol–water partition coefficient (Wildman–Crippen LogP) is 1.71. The van der Waals surface area contributed by atoms with Gasteiger partial charge < -0.3 is 9.64 Å². The normalized spacial score (nSPS) is 15.6. The lowest BCUT2D eigenvalue weighted by Crippen LogP contribution is -2.39. The molecule has 2 rings (SSSR count). The van der Waals surface area contributed by atoms with E-state index in [9.17, 15) is 4.79 Å². The third-order valence-electron chi connectivity index (χ3n) is 2.64. The average Bonchev–Trinajstić information content (AvgIpc) is 2.53. The van der Waals surface area contributed by atoms with E-state index < -0.39 is 5.60 Å². The summed E-state index contributed by atoms with van der Waals surface area (Å²) in [6, 6.07) is 0. The number of nitrogens with zero attached hydrogens (tertiary/aromatic N) is 3. The zero-order valence-electron chi connectivity index (χ0n) is 10.9. The Morgan fingerprint density at radius 1 is 1.47 bits per heavy atom. The maximum Gasteiger partial charge on any atom is 0.410 e. The van der Waals surface area contributed by atoms with E-state index in [0.29, 0.717) is 13.1 Å². The van der Waals surface area contributed by atoms with Gasteiger partial charge in [-0.25, -0.2) is 4.79 Å². The van der Waals surface area contributed by atoms with Crippen LogP contribution in [0.5, 0.6) is 0 Å². The van der Waals surface area contributed by atoms with Gasteiger partial charge in [-0.1, -0.05) is 0 Å². The van der Waals surface area contributed by atoms with Crippen LogP contribution < -0.4 is 0 Å². The Morgan fingerprint density at radius 3 is 2.82 bits per heavy atom. The highest BCUT2D eigenvalue weighted by Gasteiger charge is 2.26. The quantitative estimate of drug-likeness (QED) is 0.690. The van der Waals surface area contributed by atoms with E-state index in [2.05, 4.69) is 5.10 Å². The lowest BCUT2D eigenvalue weighted by molar-refractivity contribution is 0.0221. The average molecular weight is 237 g/mol. The second kappa shape index (κ2) is 4.05. The molecule has 0 saturated carbocycles. The van der Waals surface area contributed by atoms with Crippen LogP contribution in [0.2, 0.25) is 0 Å². The maximum atomic E-state index is 11.9. The number of carbonyl (C=O) groups excluding carboxylic acids is 1. The molecule has 5 heteroatoms. The number of ether oxygens (including phenoxy) is 1. The fraction of sp³-hybridized carbons (Fsp3) is 0.667. The highest BCUT2D eigenvalue weighted by molar-refractivity contribution is 5.68. The van der Waals surface area contributed by atoms with Crippen LogP contribution in [-0.2, 0) is 24.8 Å². The van der Waals surface area contributed by atoms with Crippen molar-refractivity contribution in [1.82, 2.24) is 14.7 Å². The summed E-state index contributed by atoms with van der Waals surface area (Å²) in [6.07, 6.45) is 2.61. The lowest BCUT2D eigenvalue weighted by Gasteiger charge is -2.29. The minimum absolute atomic E-state index is 0.256. The van der Waals surface area contributed by atoms with Crippen LogP contribution in [0, 0.1) is 0 Å². The zero-order chi connectivity index (χ0) is 12.6. The van der Waals surface area contributed by atoms with Crippen LogP contribution in [0.4, 0.5) is 4.79 Å². The van der Waals surface area contributed by atoms with E-state index in [-0.39, 0.29) is 6.09 Å². The van der Waals surface area contributed by atoms with E-state index in [1.54, 1.807) is 9.58 Å². The minimum atomic E-state index is -0.443. The van der Waals surface area contributed by atoms with Crippen molar-refractivity contribution < 1.29 is 9.53 Å². The molecule has 0 fully saturated rings. The summed E-state index contributed by atoms with van der Waals surface area (Å²) in [4.78, 5) is 13.6. The van der Waals surface area contributed by atoms with Gasteiger partial charge in [0.2, 0.25) is 0 Å². The van der Waals surface area contributed by atoms with Gasteiger partial charge in [-0.2, -0.15) is 5.10 Å². The molecule has 1 aromatic rings. The van der Waals surface area contributed by atoms with Gasteiger partial charge >= 0.3 is 6.09 Å². The Kier molecular flexibility index (Phi) is 2.85. The molecule has 0 aromatic carbocycles. The monoisotopic (exact) mass is 237 g/mol. The van der Waals surface area contributed by atoms with Gasteiger partial charge in [-0.05, 0) is 32.8 Å². The highest BCUT2D eigenvalue weighted by Crippen LogP contribution is 2.19. The first-order chi connectivity index (χ1) is 7.85. The summed E-state index contributed by atoms with van der Waals surface area (Å²) in [6.45, 7) is 6.88. The first-order valence-electron chi connectivity index (χ1n) is 5.84. The molecule has 94 valence electrons. The van der Waals surface area contributed by atoms with Gasteiger partial charge in [0.05, 0.1) is 12.2 Å². The molecule has 0 N–H and O–H groups in total. The number of fused-ring (bicyclic) bond motifs is 1. The van der Waals surface area contributed by atoms with Gasteiger partial charge in [0, 0.05) is 19.8 Å². The predicted molar refractivity (Wildman–Crippen MR) is 63.6 cm³/mol. The second-order valence-electron chi connectivity index (χ2n) is 5.43. The fourth-order valence-electron chi connectivity index (χ4n) is 1.92. The van der Waals surface area contributed by atoms with Crippen LogP contribution >= 0.6 is 0 Å². The molecule has 0 bridgehead atoms. The summed E-state index contributed by atoms with van der Waals surface area (Å²) in [5.74, 6) is 0. The third kappa shape index (κ3) is 2.78. The topological polar surface area (TPSA) is 47.4 Å². The number of aromatic nitrogens is 2. The van der Waals surface area contributed by atoms with Crippen molar-refractivity contribution in [2.75, 3.05) is 6.54 Å². The molecule has 17 heavy (non-hydrogen) atoms. The molecule has 0 spiro atoms. The number of hydrogen-bond donors (Lipinski definition) is 0. The molecule has 1 aliphatic rings. The Morgan fingerprint density at radius 2 is 2.18 bits per heavy atom. The van der Waals surface area contributed by atoms with Gasteiger partial charge in [0.15, 0.2) is 0 Å². The van der Waals surface area contributed by atoms with Crippen molar-refractivity contribution in [2.45, 2.75) is 39.3 Å². The summed E-state index contributed by atoms with van der Waals surface area (Å²) >= 11 is 0. The van der Waals surface area contributed by atoms with Crippen molar-refractivity contribution >= 4 is 6.09 Å². The molecular weight excluding hydrogens is 218 g/mol. The van der Waals surface area contributed by atoms with E-state index in [1.807, 2.05) is 34.0 Å². The number of rotatable bonds is 0. The van der Waals surface area contributed by atoms with Gasteiger partial charge in [0.1, 0.15) is 5.60 Å². The van der Waals surface area contributed by atoms with E-state index >= 15 is 0 Å². The Bertz CT molecular complexity index is 431. The van der Waals surface area contributed by atoms with Crippen LogP contribution in [0.3, 0.4) is 0 Å². The van der Waals surface area contributed by atoms with Crippen LogP contribution in [-0.4, -0.2) is 32.9 Å². The van der Waals surface area contributed by atoms with Crippen LogP contribution in [0.15, 0.2) is 6.20 Å².